The Morgan fingerprint density at radius 1 is 1.18 bits per heavy atom. The number of pyridine rings is 1. The van der Waals surface area contributed by atoms with Gasteiger partial charge in [-0.1, -0.05) is 18.2 Å². The average Bonchev–Trinajstić information content (AvgIpc) is 2.72. The third kappa shape index (κ3) is 1.32. The summed E-state index contributed by atoms with van der Waals surface area (Å²) in [5.41, 5.74) is 5.63. The molecule has 0 atom stereocenters. The van der Waals surface area contributed by atoms with Gasteiger partial charge in [-0.2, -0.15) is 0 Å². The van der Waals surface area contributed by atoms with E-state index in [1.165, 1.54) is 22.2 Å². The number of benzene rings is 1. The number of aryl methyl sites for hydroxylation is 2. The van der Waals surface area contributed by atoms with Crippen molar-refractivity contribution in [3.05, 3.63) is 41.7 Å². The van der Waals surface area contributed by atoms with Crippen LogP contribution >= 0.6 is 0 Å². The fraction of sp³-hybridized carbons (Fsp3) is 0.214. The molecule has 0 aliphatic carbocycles. The highest BCUT2D eigenvalue weighted by Crippen LogP contribution is 2.30. The minimum absolute atomic E-state index is 1.03. The summed E-state index contributed by atoms with van der Waals surface area (Å²) in [5.74, 6) is 0. The lowest BCUT2D eigenvalue weighted by molar-refractivity contribution is 1.22. The van der Waals surface area contributed by atoms with E-state index >= 15 is 0 Å². The summed E-state index contributed by atoms with van der Waals surface area (Å²) in [5, 5.41) is 4.52. The van der Waals surface area contributed by atoms with Crippen LogP contribution in [-0.2, 0) is 0 Å². The number of nitrogens with one attached hydrogen (secondary N) is 1. The zero-order chi connectivity index (χ0) is 12.0. The average molecular weight is 225 g/mol. The number of nitrogens with zero attached hydrogens (tertiary/aromatic N) is 2. The molecule has 86 valence electrons. The molecule has 3 rings (SSSR count). The molecule has 3 heteroatoms. The number of hydrogen-bond donors (Lipinski definition) is 1. The van der Waals surface area contributed by atoms with Gasteiger partial charge in [-0.3, -0.25) is 4.40 Å². The Bertz CT molecular complexity index is 710. The highest BCUT2D eigenvalue weighted by molar-refractivity contribution is 5.96. The van der Waals surface area contributed by atoms with Crippen LogP contribution < -0.4 is 5.32 Å². The maximum atomic E-state index is 4.59. The summed E-state index contributed by atoms with van der Waals surface area (Å²) in [6.07, 6.45) is 2.09. The first-order chi connectivity index (χ1) is 8.22. The van der Waals surface area contributed by atoms with Gasteiger partial charge in [-0.25, -0.2) is 4.98 Å². The van der Waals surface area contributed by atoms with Crippen molar-refractivity contribution in [2.45, 2.75) is 13.8 Å². The number of hydrogen-bond acceptors (Lipinski definition) is 2. The van der Waals surface area contributed by atoms with E-state index in [9.17, 15) is 0 Å². The van der Waals surface area contributed by atoms with Crippen LogP contribution in [0.1, 0.15) is 11.3 Å². The number of imidazole rings is 1. The smallest absolute Gasteiger partial charge is 0.142 e. The molecule has 0 saturated heterocycles. The molecule has 0 aliphatic heterocycles. The van der Waals surface area contributed by atoms with E-state index in [0.29, 0.717) is 0 Å². The van der Waals surface area contributed by atoms with Gasteiger partial charge in [0.25, 0.3) is 0 Å². The molecule has 3 aromatic rings. The second-order valence-electron chi connectivity index (χ2n) is 4.34. The molecule has 0 radical (unpaired) electrons. The molecule has 0 bridgehead atoms. The van der Waals surface area contributed by atoms with Gasteiger partial charge in [0.05, 0.1) is 11.2 Å². The quantitative estimate of drug-likeness (QED) is 0.689. The van der Waals surface area contributed by atoms with Gasteiger partial charge in [-0.15, -0.1) is 0 Å². The van der Waals surface area contributed by atoms with Crippen LogP contribution in [0.3, 0.4) is 0 Å². The van der Waals surface area contributed by atoms with Gasteiger partial charge >= 0.3 is 0 Å². The topological polar surface area (TPSA) is 29.3 Å². The zero-order valence-corrected chi connectivity index (χ0v) is 10.3. The van der Waals surface area contributed by atoms with Crippen molar-refractivity contribution in [3.8, 4) is 0 Å². The molecule has 0 unspecified atom stereocenters. The molecule has 1 aromatic carbocycles. The third-order valence-electron chi connectivity index (χ3n) is 3.22. The number of anilines is 1. The zero-order valence-electron chi connectivity index (χ0n) is 10.3. The monoisotopic (exact) mass is 225 g/mol. The van der Waals surface area contributed by atoms with Crippen LogP contribution in [0.4, 0.5) is 5.69 Å². The molecule has 3 nitrogen and oxygen atoms in total. The van der Waals surface area contributed by atoms with Gasteiger partial charge in [0.15, 0.2) is 0 Å². The second kappa shape index (κ2) is 3.48. The summed E-state index contributed by atoms with van der Waals surface area (Å²) in [6.45, 7) is 4.14. The summed E-state index contributed by atoms with van der Waals surface area (Å²) in [7, 11) is 1.96. The van der Waals surface area contributed by atoms with E-state index in [2.05, 4.69) is 52.1 Å². The van der Waals surface area contributed by atoms with E-state index in [0.717, 1.165) is 11.3 Å². The van der Waals surface area contributed by atoms with Gasteiger partial charge in [0.1, 0.15) is 5.65 Å². The Morgan fingerprint density at radius 2 is 1.94 bits per heavy atom. The van der Waals surface area contributed by atoms with E-state index in [4.69, 9.17) is 0 Å². The van der Waals surface area contributed by atoms with Crippen molar-refractivity contribution >= 4 is 22.2 Å². The highest BCUT2D eigenvalue weighted by Gasteiger charge is 2.11. The Morgan fingerprint density at radius 3 is 2.71 bits per heavy atom. The van der Waals surface area contributed by atoms with E-state index in [-0.39, 0.29) is 0 Å². The lowest BCUT2D eigenvalue weighted by atomic mass is 10.1. The summed E-state index contributed by atoms with van der Waals surface area (Å²) >= 11 is 0. The minimum Gasteiger partial charge on any atom is -0.387 e. The van der Waals surface area contributed by atoms with Crippen LogP contribution in [0.2, 0.25) is 0 Å². The first-order valence-electron chi connectivity index (χ1n) is 5.77. The molecule has 1 N–H and O–H groups in total. The van der Waals surface area contributed by atoms with E-state index < -0.39 is 0 Å². The summed E-state index contributed by atoms with van der Waals surface area (Å²) in [6, 6.07) is 8.40. The van der Waals surface area contributed by atoms with E-state index in [1.54, 1.807) is 0 Å². The molecule has 2 heterocycles. The predicted molar refractivity (Wildman–Crippen MR) is 71.7 cm³/mol. The molecule has 0 fully saturated rings. The summed E-state index contributed by atoms with van der Waals surface area (Å²) in [4.78, 5) is 4.59. The van der Waals surface area contributed by atoms with Gasteiger partial charge < -0.3 is 5.32 Å². The maximum absolute atomic E-state index is 4.59. The SMILES string of the molecule is CNc1c(C)c2nc(C)cn2c2ccccc12. The predicted octanol–water partition coefficient (Wildman–Crippen LogP) is 3.15. The van der Waals surface area contributed by atoms with Crippen LogP contribution in [0.5, 0.6) is 0 Å². The standard InChI is InChI=1S/C14H15N3/c1-9-8-17-12-7-5-4-6-11(12)13(15-3)10(2)14(17)16-9/h4-8,15H,1-3H3. The minimum atomic E-state index is 1.03. The van der Waals surface area contributed by atoms with Crippen molar-refractivity contribution < 1.29 is 0 Å². The molecule has 17 heavy (non-hydrogen) atoms. The number of aromatic nitrogens is 2. The van der Waals surface area contributed by atoms with Crippen molar-refractivity contribution in [2.75, 3.05) is 12.4 Å². The Balaban J connectivity index is 2.62. The second-order valence-corrected chi connectivity index (χ2v) is 4.34. The van der Waals surface area contributed by atoms with Crippen LogP contribution in [0.25, 0.3) is 16.6 Å². The molecule has 0 spiro atoms. The number of fused-ring (bicyclic) bond motifs is 3. The van der Waals surface area contributed by atoms with Crippen molar-refractivity contribution in [1.29, 1.82) is 0 Å². The maximum Gasteiger partial charge on any atom is 0.142 e. The molecule has 0 aliphatic rings. The van der Waals surface area contributed by atoms with Crippen molar-refractivity contribution in [1.82, 2.24) is 9.38 Å². The Labute approximate surface area is 100 Å². The van der Waals surface area contributed by atoms with Crippen LogP contribution in [-0.4, -0.2) is 16.4 Å². The lowest BCUT2D eigenvalue weighted by Gasteiger charge is -2.12. The van der Waals surface area contributed by atoms with Gasteiger partial charge in [0, 0.05) is 29.9 Å². The first kappa shape index (κ1) is 10.1. The highest BCUT2D eigenvalue weighted by atomic mass is 15.0. The normalized spacial score (nSPS) is 11.2. The largest absolute Gasteiger partial charge is 0.387 e. The first-order valence-corrected chi connectivity index (χ1v) is 5.77. The third-order valence-corrected chi connectivity index (χ3v) is 3.22. The lowest BCUT2D eigenvalue weighted by Crippen LogP contribution is -1.98. The summed E-state index contributed by atoms with van der Waals surface area (Å²) < 4.78 is 2.17. The number of para-hydroxylation sites is 1. The van der Waals surface area contributed by atoms with Crippen molar-refractivity contribution in [2.24, 2.45) is 0 Å². The number of rotatable bonds is 1. The Kier molecular flexibility index (Phi) is 2.08. The van der Waals surface area contributed by atoms with Crippen molar-refractivity contribution in [3.63, 3.8) is 0 Å². The molecule has 2 aromatic heterocycles. The van der Waals surface area contributed by atoms with Crippen LogP contribution in [0.15, 0.2) is 30.5 Å². The molecular weight excluding hydrogens is 210 g/mol. The molecular formula is C14H15N3. The fourth-order valence-electron chi connectivity index (χ4n) is 2.48. The molecule has 0 saturated carbocycles. The van der Waals surface area contributed by atoms with Gasteiger partial charge in [0.2, 0.25) is 0 Å². The van der Waals surface area contributed by atoms with Gasteiger partial charge in [-0.05, 0) is 19.9 Å². The van der Waals surface area contributed by atoms with E-state index in [1.807, 2.05) is 14.0 Å². The fourth-order valence-corrected chi connectivity index (χ4v) is 2.48. The molecule has 0 amide bonds. The van der Waals surface area contributed by atoms with Crippen LogP contribution in [0, 0.1) is 13.8 Å². The Hall–Kier alpha value is -2.03.